The van der Waals surface area contributed by atoms with Gasteiger partial charge >= 0.3 is 0 Å². The van der Waals surface area contributed by atoms with E-state index >= 15 is 0 Å². The van der Waals surface area contributed by atoms with Gasteiger partial charge < -0.3 is 5.73 Å². The molecule has 17 heavy (non-hydrogen) atoms. The minimum atomic E-state index is -0.310. The summed E-state index contributed by atoms with van der Waals surface area (Å²) in [6, 6.07) is 10.2. The number of anilines is 1. The first-order chi connectivity index (χ1) is 8.15. The molecule has 1 aromatic carbocycles. The van der Waals surface area contributed by atoms with Crippen LogP contribution in [0.15, 0.2) is 41.2 Å². The van der Waals surface area contributed by atoms with Crippen molar-refractivity contribution >= 4 is 11.7 Å². The maximum atomic E-state index is 11.8. The first-order valence-corrected chi connectivity index (χ1v) is 5.34. The van der Waals surface area contributed by atoms with E-state index in [-0.39, 0.29) is 23.7 Å². The highest BCUT2D eigenvalue weighted by molar-refractivity contribution is 5.81. The van der Waals surface area contributed by atoms with Crippen molar-refractivity contribution in [2.45, 2.75) is 13.3 Å². The van der Waals surface area contributed by atoms with Crippen molar-refractivity contribution in [3.63, 3.8) is 0 Å². The predicted molar refractivity (Wildman–Crippen MR) is 65.4 cm³/mol. The number of nitrogens with zero attached hydrogens (tertiary/aromatic N) is 2. The van der Waals surface area contributed by atoms with E-state index in [0.29, 0.717) is 5.69 Å². The van der Waals surface area contributed by atoms with Crippen LogP contribution < -0.4 is 11.3 Å². The van der Waals surface area contributed by atoms with Gasteiger partial charge in [0, 0.05) is 12.5 Å². The molecule has 0 saturated carbocycles. The lowest BCUT2D eigenvalue weighted by molar-refractivity contribution is 0.0886. The molecule has 0 aliphatic rings. The molecule has 5 heteroatoms. The lowest BCUT2D eigenvalue weighted by atomic mass is 10.3. The monoisotopic (exact) mass is 231 g/mol. The molecule has 0 spiro atoms. The molecule has 88 valence electrons. The van der Waals surface area contributed by atoms with Gasteiger partial charge in [0.05, 0.1) is 5.69 Å². The summed E-state index contributed by atoms with van der Waals surface area (Å²) in [6.45, 7) is 1.72. The Hall–Kier alpha value is -2.30. The van der Waals surface area contributed by atoms with Gasteiger partial charge in [0.2, 0.25) is 5.91 Å². The number of para-hydroxylation sites is 1. The van der Waals surface area contributed by atoms with Crippen LogP contribution in [0.2, 0.25) is 0 Å². The van der Waals surface area contributed by atoms with Gasteiger partial charge in [0.1, 0.15) is 5.82 Å². The molecule has 0 fully saturated rings. The fraction of sp³-hybridized carbons (Fsp3) is 0.167. The van der Waals surface area contributed by atoms with Gasteiger partial charge in [-0.1, -0.05) is 25.1 Å². The van der Waals surface area contributed by atoms with Crippen molar-refractivity contribution in [3.8, 4) is 5.69 Å². The summed E-state index contributed by atoms with van der Waals surface area (Å²) in [7, 11) is 0. The van der Waals surface area contributed by atoms with Crippen LogP contribution in [-0.2, 0) is 0 Å². The van der Waals surface area contributed by atoms with Crippen LogP contribution in [0.3, 0.4) is 0 Å². The fourth-order valence-corrected chi connectivity index (χ4v) is 1.68. The van der Waals surface area contributed by atoms with Crippen LogP contribution in [0.1, 0.15) is 18.1 Å². The molecule has 2 rings (SSSR count). The zero-order chi connectivity index (χ0) is 12.4. The van der Waals surface area contributed by atoms with E-state index in [9.17, 15) is 9.59 Å². The van der Waals surface area contributed by atoms with Gasteiger partial charge in [-0.05, 0) is 12.1 Å². The number of hydrogen-bond acceptors (Lipinski definition) is 3. The van der Waals surface area contributed by atoms with Crippen molar-refractivity contribution in [2.75, 3.05) is 5.73 Å². The van der Waals surface area contributed by atoms with E-state index in [2.05, 4.69) is 0 Å². The number of carbonyl (C=O) groups is 1. The molecule has 2 aromatic rings. The number of nitrogen functional groups attached to an aromatic ring is 1. The van der Waals surface area contributed by atoms with Crippen LogP contribution in [0.25, 0.3) is 5.69 Å². The smallest absolute Gasteiger partial charge is 0.273 e. The first kappa shape index (κ1) is 11.2. The molecule has 0 saturated heterocycles. The zero-order valence-electron chi connectivity index (χ0n) is 9.46. The van der Waals surface area contributed by atoms with Gasteiger partial charge in [-0.25, -0.2) is 4.68 Å². The first-order valence-electron chi connectivity index (χ1n) is 5.34. The second-order valence-corrected chi connectivity index (χ2v) is 3.61. The largest absolute Gasteiger partial charge is 0.383 e. The number of nitrogens with two attached hydrogens (primary N) is 1. The Kier molecular flexibility index (Phi) is 2.82. The van der Waals surface area contributed by atoms with E-state index in [1.54, 1.807) is 31.2 Å². The van der Waals surface area contributed by atoms with Gasteiger partial charge in [-0.2, -0.15) is 4.68 Å². The van der Waals surface area contributed by atoms with Crippen LogP contribution >= 0.6 is 0 Å². The minimum Gasteiger partial charge on any atom is -0.383 e. The fourth-order valence-electron chi connectivity index (χ4n) is 1.68. The summed E-state index contributed by atoms with van der Waals surface area (Å²) in [5.74, 6) is -0.0563. The number of hydrogen-bond donors (Lipinski definition) is 1. The second kappa shape index (κ2) is 4.29. The maximum absolute atomic E-state index is 11.8. The normalized spacial score (nSPS) is 10.4. The molecule has 0 bridgehead atoms. The van der Waals surface area contributed by atoms with Gasteiger partial charge in [-0.15, -0.1) is 0 Å². The standard InChI is InChI=1S/C12H13N3O2/c1-2-11(16)15-10(13)8-12(17)14(15)9-6-4-3-5-7-9/h3-8H,2,13H2,1H3. The number of carbonyl (C=O) groups excluding carboxylic acids is 1. The van der Waals surface area contributed by atoms with E-state index in [4.69, 9.17) is 5.73 Å². The van der Waals surface area contributed by atoms with Gasteiger partial charge in [-0.3, -0.25) is 9.59 Å². The summed E-state index contributed by atoms with van der Waals surface area (Å²) in [6.07, 6.45) is 0.283. The SMILES string of the molecule is CCC(=O)n1c(N)cc(=O)n1-c1ccccc1. The molecule has 1 heterocycles. The average molecular weight is 231 g/mol. The van der Waals surface area contributed by atoms with Crippen molar-refractivity contribution in [1.82, 2.24) is 9.36 Å². The molecule has 0 unspecified atom stereocenters. The molecular weight excluding hydrogens is 218 g/mol. The van der Waals surface area contributed by atoms with Crippen molar-refractivity contribution in [2.24, 2.45) is 0 Å². The van der Waals surface area contributed by atoms with Gasteiger partial charge in [0.15, 0.2) is 0 Å². The second-order valence-electron chi connectivity index (χ2n) is 3.61. The molecule has 2 N–H and O–H groups in total. The maximum Gasteiger partial charge on any atom is 0.273 e. The topological polar surface area (TPSA) is 70.0 Å². The van der Waals surface area contributed by atoms with Crippen molar-refractivity contribution in [3.05, 3.63) is 46.8 Å². The van der Waals surface area contributed by atoms with E-state index in [1.807, 2.05) is 6.07 Å². The highest BCUT2D eigenvalue weighted by Gasteiger charge is 2.15. The lowest BCUT2D eigenvalue weighted by Crippen LogP contribution is -2.26. The molecule has 1 aromatic heterocycles. The molecule has 5 nitrogen and oxygen atoms in total. The van der Waals surface area contributed by atoms with Gasteiger partial charge in [0.25, 0.3) is 5.56 Å². The van der Waals surface area contributed by atoms with Crippen molar-refractivity contribution < 1.29 is 4.79 Å². The van der Waals surface area contributed by atoms with Crippen molar-refractivity contribution in [1.29, 1.82) is 0 Å². The summed E-state index contributed by atoms with van der Waals surface area (Å²) < 4.78 is 2.48. The molecular formula is C12H13N3O2. The Morgan fingerprint density at radius 3 is 2.53 bits per heavy atom. The molecule has 0 amide bonds. The predicted octanol–water partition coefficient (Wildman–Crippen LogP) is 1.27. The molecule has 0 radical (unpaired) electrons. The highest BCUT2D eigenvalue weighted by Crippen LogP contribution is 2.09. The quantitative estimate of drug-likeness (QED) is 0.846. The summed E-state index contributed by atoms with van der Waals surface area (Å²) in [5, 5.41) is 0. The Bertz CT molecular complexity index is 596. The summed E-state index contributed by atoms with van der Waals surface area (Å²) in [5.41, 5.74) is 5.99. The third kappa shape index (κ3) is 1.87. The van der Waals surface area contributed by atoms with Crippen LogP contribution in [0, 0.1) is 0 Å². The Labute approximate surface area is 98.1 Å². The third-order valence-electron chi connectivity index (χ3n) is 2.46. The zero-order valence-corrected chi connectivity index (χ0v) is 9.46. The molecule has 0 aliphatic carbocycles. The van der Waals surface area contributed by atoms with E-state index in [1.165, 1.54) is 15.4 Å². The third-order valence-corrected chi connectivity index (χ3v) is 2.46. The number of benzene rings is 1. The number of aromatic nitrogens is 2. The lowest BCUT2D eigenvalue weighted by Gasteiger charge is -2.10. The minimum absolute atomic E-state index is 0.158. The van der Waals surface area contributed by atoms with Crippen LogP contribution in [0.5, 0.6) is 0 Å². The Balaban J connectivity index is 2.70. The molecule has 0 atom stereocenters. The van der Waals surface area contributed by atoms with E-state index < -0.39 is 0 Å². The summed E-state index contributed by atoms with van der Waals surface area (Å²) in [4.78, 5) is 23.6. The van der Waals surface area contributed by atoms with Crippen LogP contribution in [0.4, 0.5) is 5.82 Å². The Morgan fingerprint density at radius 1 is 1.29 bits per heavy atom. The summed E-state index contributed by atoms with van der Waals surface area (Å²) >= 11 is 0. The molecule has 0 aliphatic heterocycles. The number of rotatable bonds is 2. The highest BCUT2D eigenvalue weighted by atomic mass is 16.2. The van der Waals surface area contributed by atoms with Crippen LogP contribution in [-0.4, -0.2) is 15.3 Å². The Morgan fingerprint density at radius 2 is 1.94 bits per heavy atom. The van der Waals surface area contributed by atoms with E-state index in [0.717, 1.165) is 0 Å². The average Bonchev–Trinajstić information content (AvgIpc) is 2.64.